The molecule has 20 heavy (non-hydrogen) atoms. The van der Waals surface area contributed by atoms with Crippen molar-refractivity contribution in [2.24, 2.45) is 5.92 Å². The Morgan fingerprint density at radius 2 is 2.00 bits per heavy atom. The van der Waals surface area contributed by atoms with E-state index < -0.39 is 0 Å². The Morgan fingerprint density at radius 3 is 2.60 bits per heavy atom. The molecule has 1 aliphatic rings. The van der Waals surface area contributed by atoms with Gasteiger partial charge in [0.2, 0.25) is 0 Å². The number of hydrogen-bond donors (Lipinski definition) is 1. The zero-order valence-electron chi connectivity index (χ0n) is 12.9. The van der Waals surface area contributed by atoms with Crippen molar-refractivity contribution < 1.29 is 4.74 Å². The maximum absolute atomic E-state index is 5.72. The van der Waals surface area contributed by atoms with Crippen molar-refractivity contribution in [3.05, 3.63) is 29.8 Å². The Morgan fingerprint density at radius 1 is 1.25 bits per heavy atom. The van der Waals surface area contributed by atoms with E-state index in [1.165, 1.54) is 24.2 Å². The Hall–Kier alpha value is -0.670. The van der Waals surface area contributed by atoms with E-state index in [4.69, 9.17) is 4.74 Å². The van der Waals surface area contributed by atoms with Crippen molar-refractivity contribution in [1.82, 2.24) is 5.32 Å². The van der Waals surface area contributed by atoms with Gasteiger partial charge in [-0.1, -0.05) is 26.0 Å². The summed E-state index contributed by atoms with van der Waals surface area (Å²) in [6, 6.07) is 8.93. The molecule has 1 N–H and O–H groups in total. The van der Waals surface area contributed by atoms with Crippen LogP contribution < -0.4 is 10.1 Å². The monoisotopic (exact) mass is 293 g/mol. The molecular weight excluding hydrogens is 266 g/mol. The van der Waals surface area contributed by atoms with Gasteiger partial charge >= 0.3 is 0 Å². The largest absolute Gasteiger partial charge is 0.493 e. The van der Waals surface area contributed by atoms with E-state index in [2.05, 4.69) is 62.1 Å². The van der Waals surface area contributed by atoms with E-state index in [1.54, 1.807) is 0 Å². The van der Waals surface area contributed by atoms with Crippen LogP contribution in [0.15, 0.2) is 24.3 Å². The van der Waals surface area contributed by atoms with Crippen LogP contribution in [0, 0.1) is 5.92 Å². The van der Waals surface area contributed by atoms with E-state index in [-0.39, 0.29) is 0 Å². The number of nitrogens with one attached hydrogen (secondary N) is 1. The van der Waals surface area contributed by atoms with E-state index >= 15 is 0 Å². The van der Waals surface area contributed by atoms with Crippen molar-refractivity contribution in [3.63, 3.8) is 0 Å². The van der Waals surface area contributed by atoms with Gasteiger partial charge in [-0.3, -0.25) is 0 Å². The second-order valence-electron chi connectivity index (χ2n) is 6.04. The van der Waals surface area contributed by atoms with Gasteiger partial charge in [0.05, 0.1) is 6.61 Å². The second-order valence-corrected chi connectivity index (χ2v) is 7.45. The Kier molecular flexibility index (Phi) is 6.24. The molecule has 3 heteroatoms. The summed E-state index contributed by atoms with van der Waals surface area (Å²) in [7, 11) is 0. The van der Waals surface area contributed by atoms with Crippen molar-refractivity contribution in [3.8, 4) is 5.75 Å². The summed E-state index contributed by atoms with van der Waals surface area (Å²) in [5, 5.41) is 4.46. The SMILES string of the molecule is CC(C)COc1ccc(C(C)NCC2CCCS2)cc1. The molecule has 1 saturated heterocycles. The van der Waals surface area contributed by atoms with Gasteiger partial charge in [-0.15, -0.1) is 0 Å². The van der Waals surface area contributed by atoms with Crippen LogP contribution in [0.5, 0.6) is 5.75 Å². The van der Waals surface area contributed by atoms with Crippen molar-refractivity contribution in [2.45, 2.75) is 44.9 Å². The summed E-state index contributed by atoms with van der Waals surface area (Å²) >= 11 is 2.11. The maximum Gasteiger partial charge on any atom is 0.119 e. The minimum atomic E-state index is 0.412. The third kappa shape index (κ3) is 5.02. The molecule has 112 valence electrons. The molecule has 2 nitrogen and oxygen atoms in total. The van der Waals surface area contributed by atoms with Crippen LogP contribution in [0.3, 0.4) is 0 Å². The molecule has 0 bridgehead atoms. The van der Waals surface area contributed by atoms with Crippen LogP contribution in [0.1, 0.15) is 45.2 Å². The molecule has 1 aliphatic heterocycles. The molecule has 1 aromatic rings. The van der Waals surface area contributed by atoms with Gasteiger partial charge in [0.25, 0.3) is 0 Å². The lowest BCUT2D eigenvalue weighted by atomic mass is 10.1. The van der Waals surface area contributed by atoms with Crippen molar-refractivity contribution >= 4 is 11.8 Å². The number of ether oxygens (including phenoxy) is 1. The molecule has 0 aliphatic carbocycles. The lowest BCUT2D eigenvalue weighted by molar-refractivity contribution is 0.271. The second kappa shape index (κ2) is 7.94. The van der Waals surface area contributed by atoms with Gasteiger partial charge in [0.1, 0.15) is 5.75 Å². The lowest BCUT2D eigenvalue weighted by Crippen LogP contribution is -2.26. The molecule has 2 atom stereocenters. The van der Waals surface area contributed by atoms with Gasteiger partial charge in [0, 0.05) is 17.8 Å². The lowest BCUT2D eigenvalue weighted by Gasteiger charge is -2.17. The molecule has 0 amide bonds. The third-order valence-corrected chi connectivity index (χ3v) is 5.04. The molecule has 0 saturated carbocycles. The standard InChI is InChI=1S/C17H27NOS/c1-13(2)12-19-16-8-6-15(7-9-16)14(3)18-11-17-5-4-10-20-17/h6-9,13-14,17-18H,4-5,10-12H2,1-3H3. The van der Waals surface area contributed by atoms with Gasteiger partial charge in [-0.05, 0) is 49.1 Å². The summed E-state index contributed by atoms with van der Waals surface area (Å²) in [5.41, 5.74) is 1.34. The summed E-state index contributed by atoms with van der Waals surface area (Å²) in [4.78, 5) is 0. The average molecular weight is 293 g/mol. The number of thioether (sulfide) groups is 1. The molecule has 2 unspecified atom stereocenters. The average Bonchev–Trinajstić information content (AvgIpc) is 2.96. The number of hydrogen-bond acceptors (Lipinski definition) is 3. The van der Waals surface area contributed by atoms with Crippen molar-refractivity contribution in [1.29, 1.82) is 0 Å². The zero-order chi connectivity index (χ0) is 14.4. The summed E-state index contributed by atoms with van der Waals surface area (Å²) < 4.78 is 5.72. The van der Waals surface area contributed by atoms with Crippen LogP contribution in [-0.4, -0.2) is 24.2 Å². The minimum absolute atomic E-state index is 0.412. The van der Waals surface area contributed by atoms with Crippen LogP contribution in [0.4, 0.5) is 0 Å². The molecule has 0 radical (unpaired) electrons. The van der Waals surface area contributed by atoms with Gasteiger partial charge in [0.15, 0.2) is 0 Å². The van der Waals surface area contributed by atoms with Gasteiger partial charge in [-0.25, -0.2) is 0 Å². The normalized spacial score (nSPS) is 20.3. The first-order chi connectivity index (χ1) is 9.65. The van der Waals surface area contributed by atoms with E-state index in [9.17, 15) is 0 Å². The quantitative estimate of drug-likeness (QED) is 0.811. The molecule has 1 fully saturated rings. The first kappa shape index (κ1) is 15.7. The maximum atomic E-state index is 5.72. The first-order valence-electron chi connectivity index (χ1n) is 7.73. The molecular formula is C17H27NOS. The summed E-state index contributed by atoms with van der Waals surface area (Å²) in [6.07, 6.45) is 2.75. The van der Waals surface area contributed by atoms with Gasteiger partial charge < -0.3 is 10.1 Å². The first-order valence-corrected chi connectivity index (χ1v) is 8.77. The molecule has 1 heterocycles. The highest BCUT2D eigenvalue weighted by molar-refractivity contribution is 8.00. The van der Waals surface area contributed by atoms with E-state index in [1.807, 2.05) is 0 Å². The van der Waals surface area contributed by atoms with Crippen LogP contribution in [-0.2, 0) is 0 Å². The van der Waals surface area contributed by atoms with Crippen LogP contribution in [0.2, 0.25) is 0 Å². The fourth-order valence-corrected chi connectivity index (χ4v) is 3.56. The Labute approximate surface area is 127 Å². The smallest absolute Gasteiger partial charge is 0.119 e. The molecule has 2 rings (SSSR count). The summed E-state index contributed by atoms with van der Waals surface area (Å²) in [5.74, 6) is 2.88. The minimum Gasteiger partial charge on any atom is -0.493 e. The topological polar surface area (TPSA) is 21.3 Å². The fourth-order valence-electron chi connectivity index (χ4n) is 2.35. The van der Waals surface area contributed by atoms with E-state index in [0.717, 1.165) is 24.2 Å². The molecule has 0 aromatic heterocycles. The number of benzene rings is 1. The molecule has 1 aromatic carbocycles. The fraction of sp³-hybridized carbons (Fsp3) is 0.647. The van der Waals surface area contributed by atoms with Crippen molar-refractivity contribution in [2.75, 3.05) is 18.9 Å². The highest BCUT2D eigenvalue weighted by Gasteiger charge is 2.16. The number of rotatable bonds is 7. The van der Waals surface area contributed by atoms with E-state index in [0.29, 0.717) is 12.0 Å². The third-order valence-electron chi connectivity index (χ3n) is 3.64. The highest BCUT2D eigenvalue weighted by atomic mass is 32.2. The van der Waals surface area contributed by atoms with Crippen LogP contribution in [0.25, 0.3) is 0 Å². The predicted octanol–water partition coefficient (Wildman–Crippen LogP) is 4.27. The highest BCUT2D eigenvalue weighted by Crippen LogP contribution is 2.26. The van der Waals surface area contributed by atoms with Crippen LogP contribution >= 0.6 is 11.8 Å². The Balaban J connectivity index is 1.78. The summed E-state index contributed by atoms with van der Waals surface area (Å²) in [6.45, 7) is 8.48. The van der Waals surface area contributed by atoms with Gasteiger partial charge in [-0.2, -0.15) is 11.8 Å². The Bertz CT molecular complexity index is 384. The zero-order valence-corrected chi connectivity index (χ0v) is 13.7. The predicted molar refractivity (Wildman–Crippen MR) is 88.7 cm³/mol. The molecule has 0 spiro atoms.